The molecule has 1 N–H and O–H groups in total. The summed E-state index contributed by atoms with van der Waals surface area (Å²) in [6.45, 7) is 2.57. The van der Waals surface area contributed by atoms with Gasteiger partial charge in [0.1, 0.15) is 0 Å². The van der Waals surface area contributed by atoms with Gasteiger partial charge in [-0.2, -0.15) is 0 Å². The van der Waals surface area contributed by atoms with Crippen LogP contribution in [0.15, 0.2) is 11.1 Å². The monoisotopic (exact) mass is 238 g/mol. The normalized spacial score (nSPS) is 23.6. The van der Waals surface area contributed by atoms with Crippen molar-refractivity contribution in [3.8, 4) is 0 Å². The van der Waals surface area contributed by atoms with Gasteiger partial charge in [0.05, 0.1) is 6.61 Å². The predicted molar refractivity (Wildman–Crippen MR) is 75.2 cm³/mol. The summed E-state index contributed by atoms with van der Waals surface area (Å²) in [4.78, 5) is 0. The van der Waals surface area contributed by atoms with Gasteiger partial charge in [-0.25, -0.2) is 0 Å². The minimum atomic E-state index is 0.307. The highest BCUT2D eigenvalue weighted by atomic mass is 16.3. The zero-order chi connectivity index (χ0) is 12.3. The van der Waals surface area contributed by atoms with Crippen molar-refractivity contribution >= 4 is 0 Å². The van der Waals surface area contributed by atoms with E-state index in [1.165, 1.54) is 76.2 Å². The second-order valence-electron chi connectivity index (χ2n) is 5.44. The number of rotatable bonds is 5. The second-order valence-corrected chi connectivity index (χ2v) is 5.44. The molecule has 1 rings (SSSR count). The van der Waals surface area contributed by atoms with Crippen LogP contribution < -0.4 is 0 Å². The highest BCUT2D eigenvalue weighted by Gasteiger charge is 2.08. The molecule has 0 fully saturated rings. The van der Waals surface area contributed by atoms with Gasteiger partial charge in [-0.1, -0.05) is 51.0 Å². The Labute approximate surface area is 107 Å². The van der Waals surface area contributed by atoms with Crippen LogP contribution in [0.4, 0.5) is 0 Å². The van der Waals surface area contributed by atoms with E-state index in [0.29, 0.717) is 6.61 Å². The molecule has 0 amide bonds. The van der Waals surface area contributed by atoms with Crippen LogP contribution in [0.5, 0.6) is 0 Å². The van der Waals surface area contributed by atoms with E-state index in [-0.39, 0.29) is 0 Å². The molecule has 0 aromatic carbocycles. The van der Waals surface area contributed by atoms with E-state index in [4.69, 9.17) is 0 Å². The van der Waals surface area contributed by atoms with E-state index < -0.39 is 0 Å². The summed E-state index contributed by atoms with van der Waals surface area (Å²) < 4.78 is 0. The average Bonchev–Trinajstić information content (AvgIpc) is 2.36. The SMILES string of the molecule is CCCCC/C1=C(\CO)CCCCCCCC1. The Morgan fingerprint density at radius 1 is 0.824 bits per heavy atom. The van der Waals surface area contributed by atoms with Crippen molar-refractivity contribution in [2.24, 2.45) is 0 Å². The van der Waals surface area contributed by atoms with Crippen molar-refractivity contribution in [3.63, 3.8) is 0 Å². The van der Waals surface area contributed by atoms with Crippen molar-refractivity contribution in [1.29, 1.82) is 0 Å². The summed E-state index contributed by atoms with van der Waals surface area (Å²) in [5.41, 5.74) is 2.98. The van der Waals surface area contributed by atoms with Gasteiger partial charge in [-0.05, 0) is 44.1 Å². The molecule has 17 heavy (non-hydrogen) atoms. The molecule has 0 unspecified atom stereocenters. The summed E-state index contributed by atoms with van der Waals surface area (Å²) in [6, 6.07) is 0. The quantitative estimate of drug-likeness (QED) is 0.528. The molecule has 0 saturated carbocycles. The average molecular weight is 238 g/mol. The fraction of sp³-hybridized carbons (Fsp3) is 0.875. The summed E-state index contributed by atoms with van der Waals surface area (Å²) in [6.07, 6.45) is 15.8. The molecule has 0 aromatic heterocycles. The molecular weight excluding hydrogens is 208 g/mol. The molecule has 0 radical (unpaired) electrons. The fourth-order valence-corrected chi connectivity index (χ4v) is 2.82. The van der Waals surface area contributed by atoms with Crippen molar-refractivity contribution in [1.82, 2.24) is 0 Å². The topological polar surface area (TPSA) is 20.2 Å². The van der Waals surface area contributed by atoms with Gasteiger partial charge in [0.25, 0.3) is 0 Å². The molecule has 0 spiro atoms. The van der Waals surface area contributed by atoms with Gasteiger partial charge in [0, 0.05) is 0 Å². The standard InChI is InChI=1S/C16H30O/c1-2-3-8-11-15-12-9-6-4-5-7-10-13-16(15)14-17/h17H,2-14H2,1H3/b16-15+. The third-order valence-corrected chi connectivity index (χ3v) is 3.98. The first-order chi connectivity index (χ1) is 8.38. The van der Waals surface area contributed by atoms with Gasteiger partial charge in [-0.3, -0.25) is 0 Å². The third-order valence-electron chi connectivity index (χ3n) is 3.98. The van der Waals surface area contributed by atoms with Gasteiger partial charge >= 0.3 is 0 Å². The largest absolute Gasteiger partial charge is 0.392 e. The Morgan fingerprint density at radius 2 is 1.41 bits per heavy atom. The van der Waals surface area contributed by atoms with Crippen LogP contribution in [-0.4, -0.2) is 11.7 Å². The molecule has 1 aliphatic rings. The van der Waals surface area contributed by atoms with Crippen LogP contribution in [0.25, 0.3) is 0 Å². The number of unbranched alkanes of at least 4 members (excludes halogenated alkanes) is 2. The maximum atomic E-state index is 9.54. The summed E-state index contributed by atoms with van der Waals surface area (Å²) in [7, 11) is 0. The zero-order valence-corrected chi connectivity index (χ0v) is 11.6. The van der Waals surface area contributed by atoms with E-state index in [9.17, 15) is 5.11 Å². The van der Waals surface area contributed by atoms with Gasteiger partial charge in [0.15, 0.2) is 0 Å². The summed E-state index contributed by atoms with van der Waals surface area (Å²) in [5.74, 6) is 0. The van der Waals surface area contributed by atoms with E-state index in [1.807, 2.05) is 0 Å². The molecule has 0 aromatic rings. The fourth-order valence-electron chi connectivity index (χ4n) is 2.82. The Kier molecular flexibility index (Phi) is 8.42. The van der Waals surface area contributed by atoms with Crippen LogP contribution in [0.2, 0.25) is 0 Å². The lowest BCUT2D eigenvalue weighted by Gasteiger charge is -2.16. The maximum Gasteiger partial charge on any atom is 0.0644 e. The highest BCUT2D eigenvalue weighted by Crippen LogP contribution is 2.25. The molecule has 1 heteroatoms. The number of aliphatic hydroxyl groups is 1. The molecule has 1 nitrogen and oxygen atoms in total. The lowest BCUT2D eigenvalue weighted by Crippen LogP contribution is -2.00. The Balaban J connectivity index is 2.54. The first-order valence-electron chi connectivity index (χ1n) is 7.69. The lowest BCUT2D eigenvalue weighted by atomic mass is 9.91. The van der Waals surface area contributed by atoms with E-state index in [1.54, 1.807) is 5.57 Å². The first kappa shape index (κ1) is 14.8. The molecular formula is C16H30O. The van der Waals surface area contributed by atoms with Gasteiger partial charge in [0.2, 0.25) is 0 Å². The Hall–Kier alpha value is -0.300. The van der Waals surface area contributed by atoms with Crippen LogP contribution in [-0.2, 0) is 0 Å². The molecule has 0 atom stereocenters. The molecule has 0 aliphatic heterocycles. The van der Waals surface area contributed by atoms with Gasteiger partial charge < -0.3 is 5.11 Å². The van der Waals surface area contributed by atoms with E-state index >= 15 is 0 Å². The van der Waals surface area contributed by atoms with E-state index in [2.05, 4.69) is 6.92 Å². The number of aliphatic hydroxyl groups excluding tert-OH is 1. The molecule has 0 saturated heterocycles. The second kappa shape index (κ2) is 9.70. The Bertz CT molecular complexity index is 218. The van der Waals surface area contributed by atoms with Gasteiger partial charge in [-0.15, -0.1) is 0 Å². The van der Waals surface area contributed by atoms with Crippen LogP contribution in [0.1, 0.15) is 84.0 Å². The molecule has 1 aliphatic carbocycles. The molecule has 0 bridgehead atoms. The minimum absolute atomic E-state index is 0.307. The van der Waals surface area contributed by atoms with Crippen LogP contribution >= 0.6 is 0 Å². The highest BCUT2D eigenvalue weighted by molar-refractivity contribution is 5.15. The lowest BCUT2D eigenvalue weighted by molar-refractivity contribution is 0.321. The van der Waals surface area contributed by atoms with E-state index in [0.717, 1.165) is 6.42 Å². The first-order valence-corrected chi connectivity index (χ1v) is 7.69. The number of hydrogen-bond donors (Lipinski definition) is 1. The van der Waals surface area contributed by atoms with Crippen LogP contribution in [0.3, 0.4) is 0 Å². The third kappa shape index (κ3) is 6.26. The van der Waals surface area contributed by atoms with Crippen molar-refractivity contribution in [2.45, 2.75) is 84.0 Å². The predicted octanol–water partition coefficient (Wildman–Crippen LogP) is 4.99. The zero-order valence-electron chi connectivity index (χ0n) is 11.6. The number of hydrogen-bond acceptors (Lipinski definition) is 1. The minimum Gasteiger partial charge on any atom is -0.392 e. The van der Waals surface area contributed by atoms with Crippen LogP contribution in [0, 0.1) is 0 Å². The van der Waals surface area contributed by atoms with Crippen molar-refractivity contribution < 1.29 is 5.11 Å². The summed E-state index contributed by atoms with van der Waals surface area (Å²) in [5, 5.41) is 9.54. The Morgan fingerprint density at radius 3 is 2.00 bits per heavy atom. The van der Waals surface area contributed by atoms with Crippen molar-refractivity contribution in [3.05, 3.63) is 11.1 Å². The molecule has 0 heterocycles. The molecule has 100 valence electrons. The number of allylic oxidation sites excluding steroid dienone is 1. The van der Waals surface area contributed by atoms with Crippen molar-refractivity contribution in [2.75, 3.05) is 6.61 Å². The smallest absolute Gasteiger partial charge is 0.0644 e. The summed E-state index contributed by atoms with van der Waals surface area (Å²) >= 11 is 0. The maximum absolute atomic E-state index is 9.54.